The van der Waals surface area contributed by atoms with Crippen molar-refractivity contribution >= 4 is 23.2 Å². The van der Waals surface area contributed by atoms with Crippen LogP contribution < -0.4 is 5.32 Å². The predicted octanol–water partition coefficient (Wildman–Crippen LogP) is 4.24. The molecule has 2 aliphatic rings. The van der Waals surface area contributed by atoms with Crippen LogP contribution in [0.15, 0.2) is 18.2 Å². The van der Waals surface area contributed by atoms with Gasteiger partial charge < -0.3 is 5.32 Å². The van der Waals surface area contributed by atoms with E-state index in [2.05, 4.69) is 24.4 Å². The zero-order chi connectivity index (χ0) is 12.0. The molecule has 2 bridgehead atoms. The van der Waals surface area contributed by atoms with Crippen molar-refractivity contribution in [2.75, 3.05) is 0 Å². The number of halogens is 2. The van der Waals surface area contributed by atoms with Gasteiger partial charge in [-0.3, -0.25) is 0 Å². The van der Waals surface area contributed by atoms with Gasteiger partial charge in [0, 0.05) is 12.1 Å². The molecular weight excluding hydrogens is 253 g/mol. The molecule has 0 saturated carbocycles. The fourth-order valence-electron chi connectivity index (χ4n) is 3.43. The van der Waals surface area contributed by atoms with Crippen LogP contribution in [0.2, 0.25) is 10.0 Å². The average Bonchev–Trinajstić information content (AvgIpc) is 2.72. The monoisotopic (exact) mass is 269 g/mol. The highest BCUT2D eigenvalue weighted by molar-refractivity contribution is 6.42. The van der Waals surface area contributed by atoms with E-state index in [-0.39, 0.29) is 0 Å². The highest BCUT2D eigenvalue weighted by Crippen LogP contribution is 2.42. The van der Waals surface area contributed by atoms with Gasteiger partial charge in [0.2, 0.25) is 0 Å². The minimum Gasteiger partial charge on any atom is -0.311 e. The van der Waals surface area contributed by atoms with E-state index in [1.54, 1.807) is 0 Å². The fraction of sp³-hybridized carbons (Fsp3) is 0.571. The maximum atomic E-state index is 6.12. The summed E-state index contributed by atoms with van der Waals surface area (Å²) in [6.45, 7) is 2.35. The second-order valence-corrected chi connectivity index (χ2v) is 6.24. The Morgan fingerprint density at radius 3 is 2.76 bits per heavy atom. The summed E-state index contributed by atoms with van der Waals surface area (Å²) >= 11 is 12.1. The second-order valence-electron chi connectivity index (χ2n) is 5.42. The fourth-order valence-corrected chi connectivity index (χ4v) is 3.74. The summed E-state index contributed by atoms with van der Waals surface area (Å²) in [7, 11) is 0. The van der Waals surface area contributed by atoms with Crippen molar-refractivity contribution in [3.05, 3.63) is 33.8 Å². The molecule has 3 heteroatoms. The van der Waals surface area contributed by atoms with Crippen LogP contribution >= 0.6 is 23.2 Å². The van der Waals surface area contributed by atoms with Gasteiger partial charge in [-0.2, -0.15) is 0 Å². The van der Waals surface area contributed by atoms with Crippen molar-refractivity contribution in [2.45, 2.75) is 44.2 Å². The normalized spacial score (nSPS) is 36.2. The molecule has 2 unspecified atom stereocenters. The third-order valence-electron chi connectivity index (χ3n) is 4.46. The Bertz CT molecular complexity index is 432. The summed E-state index contributed by atoms with van der Waals surface area (Å²) in [5.74, 6) is 1.31. The maximum absolute atomic E-state index is 6.12. The Kier molecular flexibility index (Phi) is 3.10. The molecule has 2 aliphatic heterocycles. The van der Waals surface area contributed by atoms with Crippen molar-refractivity contribution in [1.82, 2.24) is 5.32 Å². The zero-order valence-electron chi connectivity index (χ0n) is 9.92. The molecule has 1 N–H and O–H groups in total. The van der Waals surface area contributed by atoms with E-state index in [1.807, 2.05) is 6.07 Å². The van der Waals surface area contributed by atoms with Crippen LogP contribution in [0, 0.1) is 5.92 Å². The number of piperidine rings is 1. The molecule has 1 nitrogen and oxygen atoms in total. The Hall–Kier alpha value is -0.240. The first-order valence-corrected chi connectivity index (χ1v) is 7.11. The number of rotatable bonds is 1. The molecule has 0 spiro atoms. The van der Waals surface area contributed by atoms with E-state index >= 15 is 0 Å². The van der Waals surface area contributed by atoms with Crippen molar-refractivity contribution in [2.24, 2.45) is 5.92 Å². The number of benzene rings is 1. The summed E-state index contributed by atoms with van der Waals surface area (Å²) in [6.07, 6.45) is 3.88. The van der Waals surface area contributed by atoms with E-state index < -0.39 is 0 Å². The van der Waals surface area contributed by atoms with Crippen molar-refractivity contribution in [3.8, 4) is 0 Å². The van der Waals surface area contributed by atoms with Gasteiger partial charge in [-0.15, -0.1) is 0 Å². The van der Waals surface area contributed by atoms with Crippen LogP contribution in [0.3, 0.4) is 0 Å². The molecule has 3 rings (SSSR count). The summed E-state index contributed by atoms with van der Waals surface area (Å²) in [6, 6.07) is 7.51. The van der Waals surface area contributed by atoms with E-state index in [4.69, 9.17) is 23.2 Å². The first kappa shape index (κ1) is 11.8. The number of hydrogen-bond donors (Lipinski definition) is 1. The SMILES string of the molecule is C[C@H]1C2CCC(C[C@@H]1c1ccc(Cl)c(Cl)c1)N2. The summed E-state index contributed by atoms with van der Waals surface area (Å²) in [5, 5.41) is 5.04. The van der Waals surface area contributed by atoms with Gasteiger partial charge >= 0.3 is 0 Å². The summed E-state index contributed by atoms with van der Waals surface area (Å²) < 4.78 is 0. The second kappa shape index (κ2) is 4.46. The van der Waals surface area contributed by atoms with E-state index in [0.29, 0.717) is 34.0 Å². The molecule has 92 valence electrons. The van der Waals surface area contributed by atoms with Crippen LogP contribution in [0.25, 0.3) is 0 Å². The summed E-state index contributed by atoms with van der Waals surface area (Å²) in [5.41, 5.74) is 1.35. The van der Waals surface area contributed by atoms with Crippen LogP contribution in [0.1, 0.15) is 37.7 Å². The highest BCUT2D eigenvalue weighted by Gasteiger charge is 2.39. The molecule has 1 aromatic rings. The number of hydrogen-bond acceptors (Lipinski definition) is 1. The smallest absolute Gasteiger partial charge is 0.0595 e. The minimum absolute atomic E-state index is 0.628. The van der Waals surface area contributed by atoms with E-state index in [0.717, 1.165) is 0 Å². The van der Waals surface area contributed by atoms with Crippen molar-refractivity contribution in [1.29, 1.82) is 0 Å². The van der Waals surface area contributed by atoms with Gasteiger partial charge in [0.1, 0.15) is 0 Å². The lowest BCUT2D eigenvalue weighted by atomic mass is 9.78. The third kappa shape index (κ3) is 2.09. The lowest BCUT2D eigenvalue weighted by molar-refractivity contribution is 0.269. The first-order chi connectivity index (χ1) is 8.15. The molecule has 2 fully saturated rings. The Morgan fingerprint density at radius 2 is 2.00 bits per heavy atom. The number of fused-ring (bicyclic) bond motifs is 2. The van der Waals surface area contributed by atoms with Gasteiger partial charge in [0.15, 0.2) is 0 Å². The van der Waals surface area contributed by atoms with Gasteiger partial charge in [-0.1, -0.05) is 36.2 Å². The van der Waals surface area contributed by atoms with Crippen LogP contribution in [-0.2, 0) is 0 Å². The molecule has 0 aromatic heterocycles. The third-order valence-corrected chi connectivity index (χ3v) is 5.19. The summed E-state index contributed by atoms with van der Waals surface area (Å²) in [4.78, 5) is 0. The molecule has 2 saturated heterocycles. The molecule has 0 aliphatic carbocycles. The maximum Gasteiger partial charge on any atom is 0.0595 e. The van der Waals surface area contributed by atoms with Crippen molar-refractivity contribution in [3.63, 3.8) is 0 Å². The Balaban J connectivity index is 1.90. The topological polar surface area (TPSA) is 12.0 Å². The van der Waals surface area contributed by atoms with Gasteiger partial charge in [-0.05, 0) is 48.8 Å². The standard InChI is InChI=1S/C14H17Cl2N/c1-8-11(7-10-3-5-14(8)17-10)9-2-4-12(15)13(16)6-9/h2,4,6,8,10-11,14,17H,3,5,7H2,1H3/t8-,10?,11+,14?/m1/s1. The van der Waals surface area contributed by atoms with E-state index in [1.165, 1.54) is 24.8 Å². The molecule has 0 amide bonds. The molecule has 17 heavy (non-hydrogen) atoms. The van der Waals surface area contributed by atoms with Gasteiger partial charge in [0.25, 0.3) is 0 Å². The molecule has 1 aromatic carbocycles. The first-order valence-electron chi connectivity index (χ1n) is 6.36. The van der Waals surface area contributed by atoms with E-state index in [9.17, 15) is 0 Å². The zero-order valence-corrected chi connectivity index (χ0v) is 11.4. The van der Waals surface area contributed by atoms with Gasteiger partial charge in [0.05, 0.1) is 10.0 Å². The van der Waals surface area contributed by atoms with Crippen LogP contribution in [0.4, 0.5) is 0 Å². The van der Waals surface area contributed by atoms with Crippen LogP contribution in [0.5, 0.6) is 0 Å². The lowest BCUT2D eigenvalue weighted by Crippen LogP contribution is -2.43. The van der Waals surface area contributed by atoms with Crippen LogP contribution in [-0.4, -0.2) is 12.1 Å². The molecular formula is C14H17Cl2N. The molecule has 2 heterocycles. The minimum atomic E-state index is 0.628. The predicted molar refractivity (Wildman–Crippen MR) is 72.9 cm³/mol. The average molecular weight is 270 g/mol. The van der Waals surface area contributed by atoms with Gasteiger partial charge in [-0.25, -0.2) is 0 Å². The quantitative estimate of drug-likeness (QED) is 0.805. The largest absolute Gasteiger partial charge is 0.311 e. The Morgan fingerprint density at radius 1 is 1.18 bits per heavy atom. The molecule has 0 radical (unpaired) electrons. The van der Waals surface area contributed by atoms with Crippen molar-refractivity contribution < 1.29 is 0 Å². The highest BCUT2D eigenvalue weighted by atomic mass is 35.5. The number of nitrogens with one attached hydrogen (secondary N) is 1. The molecule has 4 atom stereocenters. The Labute approximate surface area is 112 Å². The lowest BCUT2D eigenvalue weighted by Gasteiger charge is -2.36.